The predicted molar refractivity (Wildman–Crippen MR) is 67.9 cm³/mol. The molecule has 0 spiro atoms. The van der Waals surface area contributed by atoms with E-state index in [2.05, 4.69) is 10.2 Å². The van der Waals surface area contributed by atoms with Gasteiger partial charge in [-0.05, 0) is 25.7 Å². The van der Waals surface area contributed by atoms with Crippen molar-refractivity contribution in [3.63, 3.8) is 0 Å². The third-order valence-corrected chi connectivity index (χ3v) is 4.42. The van der Waals surface area contributed by atoms with Crippen molar-refractivity contribution < 1.29 is 9.90 Å². The van der Waals surface area contributed by atoms with Crippen LogP contribution in [0.5, 0.6) is 0 Å². The fourth-order valence-electron chi connectivity index (χ4n) is 2.53. The molecule has 1 saturated carbocycles. The topological polar surface area (TPSA) is 88.0 Å². The van der Waals surface area contributed by atoms with E-state index < -0.39 is 5.97 Å². The van der Waals surface area contributed by atoms with Crippen LogP contribution in [0.25, 0.3) is 0 Å². The summed E-state index contributed by atoms with van der Waals surface area (Å²) in [6, 6.07) is 0.0787. The van der Waals surface area contributed by atoms with Gasteiger partial charge in [0.2, 0.25) is 0 Å². The molecule has 0 saturated heterocycles. The number of carboxylic acids is 1. The Bertz CT molecular complexity index is 476. The molecule has 2 N–H and O–H groups in total. The summed E-state index contributed by atoms with van der Waals surface area (Å²) in [5, 5.41) is 15.5. The summed E-state index contributed by atoms with van der Waals surface area (Å²) in [4.78, 5) is 22.3. The van der Waals surface area contributed by atoms with E-state index in [4.69, 9.17) is 5.11 Å². The number of aromatic amines is 1. The summed E-state index contributed by atoms with van der Waals surface area (Å²) >= 11 is 1.08. The summed E-state index contributed by atoms with van der Waals surface area (Å²) in [5.74, 6) is -0.498. The van der Waals surface area contributed by atoms with Crippen LogP contribution < -0.4 is 5.69 Å². The lowest BCUT2D eigenvalue weighted by Crippen LogP contribution is -2.25. The molecule has 18 heavy (non-hydrogen) atoms. The van der Waals surface area contributed by atoms with Gasteiger partial charge in [0.05, 0.1) is 5.75 Å². The van der Waals surface area contributed by atoms with Crippen molar-refractivity contribution in [3.05, 3.63) is 10.5 Å². The molecule has 1 aromatic rings. The number of rotatable bonds is 5. The van der Waals surface area contributed by atoms with Gasteiger partial charge in [-0.2, -0.15) is 0 Å². The average molecular weight is 271 g/mol. The maximum absolute atomic E-state index is 11.8. The van der Waals surface area contributed by atoms with Gasteiger partial charge in [-0.15, -0.1) is 5.10 Å². The Balaban J connectivity index is 2.17. The number of H-pyrrole nitrogens is 1. The molecule has 7 heteroatoms. The number of aliphatic carboxylic acids is 1. The van der Waals surface area contributed by atoms with Gasteiger partial charge in [-0.3, -0.25) is 9.36 Å². The van der Waals surface area contributed by atoms with Gasteiger partial charge < -0.3 is 5.11 Å². The number of nitrogens with zero attached hydrogens (tertiary/aromatic N) is 2. The van der Waals surface area contributed by atoms with Crippen LogP contribution in [-0.2, 0) is 4.79 Å². The minimum Gasteiger partial charge on any atom is -0.481 e. The Labute approximate surface area is 109 Å². The normalized spacial score (nSPS) is 18.1. The van der Waals surface area contributed by atoms with E-state index in [0.29, 0.717) is 11.1 Å². The number of thioether (sulfide) groups is 1. The number of carbonyl (C=O) groups is 1. The second kappa shape index (κ2) is 5.60. The van der Waals surface area contributed by atoms with Crippen molar-refractivity contribution in [2.24, 2.45) is 5.92 Å². The first-order valence-electron chi connectivity index (χ1n) is 6.11. The SMILES string of the molecule is CC(C1CCCC1)n1c(SCC(=O)O)n[nH]c1=O. The summed E-state index contributed by atoms with van der Waals surface area (Å²) in [6.45, 7) is 2.01. The van der Waals surface area contributed by atoms with Crippen LogP contribution in [0.1, 0.15) is 38.6 Å². The second-order valence-electron chi connectivity index (χ2n) is 4.65. The quantitative estimate of drug-likeness (QED) is 0.792. The van der Waals surface area contributed by atoms with E-state index in [1.807, 2.05) is 6.92 Å². The molecule has 1 aromatic heterocycles. The molecule has 2 rings (SSSR count). The van der Waals surface area contributed by atoms with Crippen molar-refractivity contribution in [1.82, 2.24) is 14.8 Å². The lowest BCUT2D eigenvalue weighted by molar-refractivity contribution is -0.133. The van der Waals surface area contributed by atoms with Crippen molar-refractivity contribution in [3.8, 4) is 0 Å². The Morgan fingerprint density at radius 3 is 2.89 bits per heavy atom. The van der Waals surface area contributed by atoms with Crippen LogP contribution in [0.3, 0.4) is 0 Å². The van der Waals surface area contributed by atoms with Gasteiger partial charge in [0, 0.05) is 6.04 Å². The maximum Gasteiger partial charge on any atom is 0.344 e. The van der Waals surface area contributed by atoms with Gasteiger partial charge >= 0.3 is 11.7 Å². The third kappa shape index (κ3) is 2.77. The van der Waals surface area contributed by atoms with Gasteiger partial charge in [-0.25, -0.2) is 9.89 Å². The minimum absolute atomic E-state index is 0.0787. The van der Waals surface area contributed by atoms with Crippen molar-refractivity contribution in [2.45, 2.75) is 43.8 Å². The van der Waals surface area contributed by atoms with E-state index in [1.165, 1.54) is 12.8 Å². The Hall–Kier alpha value is -1.24. The van der Waals surface area contributed by atoms with Crippen LogP contribution in [0.15, 0.2) is 9.95 Å². The number of carboxylic acid groups (broad SMARTS) is 1. The fraction of sp³-hybridized carbons (Fsp3) is 0.727. The molecule has 0 aromatic carbocycles. The van der Waals surface area contributed by atoms with Gasteiger partial charge in [0.1, 0.15) is 0 Å². The molecular formula is C11H17N3O3S. The van der Waals surface area contributed by atoms with Crippen molar-refractivity contribution in [2.75, 3.05) is 5.75 Å². The maximum atomic E-state index is 11.8. The van der Waals surface area contributed by atoms with E-state index in [9.17, 15) is 9.59 Å². The number of aromatic nitrogens is 3. The van der Waals surface area contributed by atoms with E-state index >= 15 is 0 Å². The zero-order chi connectivity index (χ0) is 13.1. The molecule has 6 nitrogen and oxygen atoms in total. The minimum atomic E-state index is -0.907. The fourth-order valence-corrected chi connectivity index (χ4v) is 3.28. The lowest BCUT2D eigenvalue weighted by atomic mass is 10.00. The molecule has 1 aliphatic rings. The first-order chi connectivity index (χ1) is 8.59. The standard InChI is InChI=1S/C11H17N3O3S/c1-7(8-4-2-3-5-8)14-10(17)12-13-11(14)18-6-9(15)16/h7-8H,2-6H2,1H3,(H,12,17)(H,15,16). The molecule has 0 radical (unpaired) electrons. The highest BCUT2D eigenvalue weighted by Crippen LogP contribution is 2.34. The Kier molecular flexibility index (Phi) is 4.11. The zero-order valence-corrected chi connectivity index (χ0v) is 11.1. The largest absolute Gasteiger partial charge is 0.481 e. The van der Waals surface area contributed by atoms with Crippen LogP contribution in [0.2, 0.25) is 0 Å². The molecule has 1 atom stereocenters. The van der Waals surface area contributed by atoms with Crippen molar-refractivity contribution >= 4 is 17.7 Å². The summed E-state index contributed by atoms with van der Waals surface area (Å²) < 4.78 is 1.60. The highest BCUT2D eigenvalue weighted by molar-refractivity contribution is 7.99. The predicted octanol–water partition coefficient (Wildman–Crippen LogP) is 1.50. The molecular weight excluding hydrogens is 254 g/mol. The molecule has 1 aliphatic carbocycles. The molecule has 1 fully saturated rings. The Morgan fingerprint density at radius 2 is 2.28 bits per heavy atom. The van der Waals surface area contributed by atoms with Gasteiger partial charge in [0.25, 0.3) is 0 Å². The zero-order valence-electron chi connectivity index (χ0n) is 10.3. The molecule has 0 aliphatic heterocycles. The van der Waals surface area contributed by atoms with E-state index in [-0.39, 0.29) is 17.5 Å². The van der Waals surface area contributed by atoms with Crippen LogP contribution in [0.4, 0.5) is 0 Å². The molecule has 0 amide bonds. The van der Waals surface area contributed by atoms with Crippen LogP contribution in [-0.4, -0.2) is 31.6 Å². The highest BCUT2D eigenvalue weighted by Gasteiger charge is 2.26. The smallest absolute Gasteiger partial charge is 0.344 e. The average Bonchev–Trinajstić information content (AvgIpc) is 2.94. The summed E-state index contributed by atoms with van der Waals surface area (Å²) in [5.41, 5.74) is -0.248. The first kappa shape index (κ1) is 13.2. The molecule has 100 valence electrons. The third-order valence-electron chi connectivity index (χ3n) is 3.49. The number of hydrogen-bond donors (Lipinski definition) is 2. The highest BCUT2D eigenvalue weighted by atomic mass is 32.2. The lowest BCUT2D eigenvalue weighted by Gasteiger charge is -2.20. The van der Waals surface area contributed by atoms with Gasteiger partial charge in [-0.1, -0.05) is 24.6 Å². The molecule has 1 unspecified atom stereocenters. The van der Waals surface area contributed by atoms with Crippen LogP contribution in [0, 0.1) is 5.92 Å². The van der Waals surface area contributed by atoms with E-state index in [1.54, 1.807) is 4.57 Å². The summed E-state index contributed by atoms with van der Waals surface area (Å²) in [6.07, 6.45) is 4.67. The van der Waals surface area contributed by atoms with E-state index in [0.717, 1.165) is 24.6 Å². The number of nitrogens with one attached hydrogen (secondary N) is 1. The van der Waals surface area contributed by atoms with Gasteiger partial charge in [0.15, 0.2) is 5.16 Å². The summed E-state index contributed by atoms with van der Waals surface area (Å²) in [7, 11) is 0. The molecule has 1 heterocycles. The monoisotopic (exact) mass is 271 g/mol. The second-order valence-corrected chi connectivity index (χ2v) is 5.59. The first-order valence-corrected chi connectivity index (χ1v) is 7.09. The number of hydrogen-bond acceptors (Lipinski definition) is 4. The Morgan fingerprint density at radius 1 is 1.61 bits per heavy atom. The van der Waals surface area contributed by atoms with Crippen LogP contribution >= 0.6 is 11.8 Å². The molecule has 0 bridgehead atoms. The van der Waals surface area contributed by atoms with Crippen molar-refractivity contribution in [1.29, 1.82) is 0 Å².